The summed E-state index contributed by atoms with van der Waals surface area (Å²) in [7, 11) is 0. The molecule has 1 fully saturated rings. The second kappa shape index (κ2) is 4.48. The van der Waals surface area contributed by atoms with Crippen LogP contribution in [0.2, 0.25) is 5.02 Å². The molecule has 0 aliphatic carbocycles. The van der Waals surface area contributed by atoms with Crippen molar-refractivity contribution in [2.45, 2.75) is 12.5 Å². The molecule has 0 spiro atoms. The van der Waals surface area contributed by atoms with E-state index in [2.05, 4.69) is 11.2 Å². The molecule has 0 bridgehead atoms. The highest BCUT2D eigenvalue weighted by Crippen LogP contribution is 2.23. The third-order valence-corrected chi connectivity index (χ3v) is 2.64. The first-order valence-corrected chi connectivity index (χ1v) is 5.35. The van der Waals surface area contributed by atoms with Crippen LogP contribution in [0.25, 0.3) is 0 Å². The normalized spacial score (nSPS) is 19.1. The number of carbonyl (C=O) groups excluding carboxylic acids is 2. The fraction of sp³-hybridized carbons (Fsp3) is 0.167. The van der Waals surface area contributed by atoms with Gasteiger partial charge in [-0.25, -0.2) is 9.69 Å². The van der Waals surface area contributed by atoms with Crippen LogP contribution in [-0.4, -0.2) is 18.0 Å². The van der Waals surface area contributed by atoms with E-state index in [4.69, 9.17) is 18.0 Å². The van der Waals surface area contributed by atoms with E-state index in [9.17, 15) is 9.59 Å². The summed E-state index contributed by atoms with van der Waals surface area (Å²) in [5.74, 6) is 2.00. The van der Waals surface area contributed by atoms with E-state index in [1.165, 1.54) is 0 Å². The highest BCUT2D eigenvalue weighted by Gasteiger charge is 2.38. The molecule has 0 saturated carbocycles. The van der Waals surface area contributed by atoms with Crippen molar-refractivity contribution in [3.8, 4) is 12.3 Å². The lowest BCUT2D eigenvalue weighted by atomic mass is 10.2. The highest BCUT2D eigenvalue weighted by molar-refractivity contribution is 6.31. The van der Waals surface area contributed by atoms with E-state index in [0.717, 1.165) is 4.90 Å². The highest BCUT2D eigenvalue weighted by atomic mass is 35.5. The first-order valence-electron chi connectivity index (χ1n) is 4.97. The third-order valence-electron chi connectivity index (χ3n) is 2.41. The van der Waals surface area contributed by atoms with Crippen molar-refractivity contribution in [3.63, 3.8) is 0 Å². The van der Waals surface area contributed by atoms with Gasteiger partial charge in [0, 0.05) is 11.4 Å². The number of rotatable bonds is 2. The maximum Gasteiger partial charge on any atom is 0.329 e. The average molecular weight is 249 g/mol. The predicted molar refractivity (Wildman–Crippen MR) is 64.7 cm³/mol. The van der Waals surface area contributed by atoms with Gasteiger partial charge in [0.2, 0.25) is 0 Å². The van der Waals surface area contributed by atoms with Gasteiger partial charge in [-0.2, -0.15) is 0 Å². The summed E-state index contributed by atoms with van der Waals surface area (Å²) >= 11 is 5.81. The fourth-order valence-electron chi connectivity index (χ4n) is 1.65. The lowest BCUT2D eigenvalue weighted by molar-refractivity contribution is -0.118. The summed E-state index contributed by atoms with van der Waals surface area (Å²) in [5.41, 5.74) is 0.444. The maximum atomic E-state index is 11.9. The zero-order valence-corrected chi connectivity index (χ0v) is 9.57. The molecule has 1 aliphatic heterocycles. The average Bonchev–Trinajstić information content (AvgIpc) is 2.55. The SMILES string of the molecule is C#CCC1NC(=O)N(c2cccc(Cl)c2)C1=O. The van der Waals surface area contributed by atoms with Crippen LogP contribution in [0.15, 0.2) is 24.3 Å². The Hall–Kier alpha value is -1.99. The Morgan fingerprint density at radius 3 is 2.88 bits per heavy atom. The second-order valence-electron chi connectivity index (χ2n) is 3.56. The number of halogens is 1. The molecule has 1 unspecified atom stereocenters. The van der Waals surface area contributed by atoms with Crippen molar-refractivity contribution in [1.29, 1.82) is 0 Å². The topological polar surface area (TPSA) is 49.4 Å². The summed E-state index contributed by atoms with van der Waals surface area (Å²) in [6.45, 7) is 0. The van der Waals surface area contributed by atoms with Gasteiger partial charge in [0.05, 0.1) is 5.69 Å². The second-order valence-corrected chi connectivity index (χ2v) is 4.00. The summed E-state index contributed by atoms with van der Waals surface area (Å²) in [6.07, 6.45) is 5.31. The first-order chi connectivity index (χ1) is 8.13. The molecule has 2 rings (SSSR count). The Morgan fingerprint density at radius 2 is 2.24 bits per heavy atom. The molecule has 1 atom stereocenters. The van der Waals surface area contributed by atoms with E-state index in [1.807, 2.05) is 0 Å². The molecular formula is C12H9ClN2O2. The van der Waals surface area contributed by atoms with Crippen molar-refractivity contribution in [2.75, 3.05) is 4.90 Å². The minimum Gasteiger partial charge on any atom is -0.324 e. The number of hydrogen-bond acceptors (Lipinski definition) is 2. The standard InChI is InChI=1S/C12H9ClN2O2/c1-2-4-10-11(16)15(12(17)14-10)9-6-3-5-8(13)7-9/h1,3,5-7,10H,4H2,(H,14,17). The Balaban J connectivity index is 2.31. The van der Waals surface area contributed by atoms with E-state index in [0.29, 0.717) is 10.7 Å². The number of nitrogens with one attached hydrogen (secondary N) is 1. The van der Waals surface area contributed by atoms with Gasteiger partial charge >= 0.3 is 6.03 Å². The van der Waals surface area contributed by atoms with Gasteiger partial charge in [-0.15, -0.1) is 12.3 Å². The molecule has 0 aromatic heterocycles. The molecular weight excluding hydrogens is 240 g/mol. The molecule has 0 radical (unpaired) electrons. The lowest BCUT2D eigenvalue weighted by Gasteiger charge is -2.12. The van der Waals surface area contributed by atoms with Crippen LogP contribution >= 0.6 is 11.6 Å². The molecule has 1 aromatic carbocycles. The van der Waals surface area contributed by atoms with Crippen LogP contribution in [0.3, 0.4) is 0 Å². The number of hydrogen-bond donors (Lipinski definition) is 1. The van der Waals surface area contributed by atoms with Crippen LogP contribution in [0.1, 0.15) is 6.42 Å². The number of carbonyl (C=O) groups is 2. The zero-order valence-electron chi connectivity index (χ0n) is 8.81. The van der Waals surface area contributed by atoms with Crippen LogP contribution < -0.4 is 10.2 Å². The molecule has 1 heterocycles. The van der Waals surface area contributed by atoms with Gasteiger partial charge in [0.25, 0.3) is 5.91 Å². The summed E-state index contributed by atoms with van der Waals surface area (Å²) < 4.78 is 0. The van der Waals surface area contributed by atoms with Gasteiger partial charge in [0.15, 0.2) is 0 Å². The van der Waals surface area contributed by atoms with E-state index < -0.39 is 12.1 Å². The molecule has 1 saturated heterocycles. The monoisotopic (exact) mass is 248 g/mol. The van der Waals surface area contributed by atoms with Crippen LogP contribution in [0, 0.1) is 12.3 Å². The summed E-state index contributed by atoms with van der Waals surface area (Å²) in [4.78, 5) is 24.6. The minimum atomic E-state index is -0.647. The van der Waals surface area contributed by atoms with E-state index in [-0.39, 0.29) is 12.3 Å². The number of benzene rings is 1. The molecule has 86 valence electrons. The van der Waals surface area contributed by atoms with Gasteiger partial charge in [-0.3, -0.25) is 4.79 Å². The minimum absolute atomic E-state index is 0.182. The Bertz CT molecular complexity index is 521. The summed E-state index contributed by atoms with van der Waals surface area (Å²) in [5, 5.41) is 2.99. The van der Waals surface area contributed by atoms with Gasteiger partial charge in [-0.05, 0) is 18.2 Å². The molecule has 1 N–H and O–H groups in total. The maximum absolute atomic E-state index is 11.9. The van der Waals surface area contributed by atoms with Gasteiger partial charge in [-0.1, -0.05) is 17.7 Å². The number of terminal acetylenes is 1. The zero-order chi connectivity index (χ0) is 12.4. The smallest absolute Gasteiger partial charge is 0.324 e. The van der Waals surface area contributed by atoms with Crippen molar-refractivity contribution in [3.05, 3.63) is 29.3 Å². The van der Waals surface area contributed by atoms with E-state index in [1.54, 1.807) is 24.3 Å². The largest absolute Gasteiger partial charge is 0.329 e. The Labute approximate surface area is 104 Å². The molecule has 4 nitrogen and oxygen atoms in total. The Morgan fingerprint density at radius 1 is 1.47 bits per heavy atom. The quantitative estimate of drug-likeness (QED) is 0.641. The van der Waals surface area contributed by atoms with Gasteiger partial charge < -0.3 is 5.32 Å². The first kappa shape index (κ1) is 11.5. The van der Waals surface area contributed by atoms with Crippen molar-refractivity contribution in [2.24, 2.45) is 0 Å². The Kier molecular flexibility index (Phi) is 3.03. The number of urea groups is 1. The van der Waals surface area contributed by atoms with Crippen LogP contribution in [0.4, 0.5) is 10.5 Å². The lowest BCUT2D eigenvalue weighted by Crippen LogP contribution is -2.31. The number of anilines is 1. The van der Waals surface area contributed by atoms with Crippen molar-refractivity contribution >= 4 is 29.2 Å². The van der Waals surface area contributed by atoms with Crippen LogP contribution in [-0.2, 0) is 4.79 Å². The van der Waals surface area contributed by atoms with E-state index >= 15 is 0 Å². The summed E-state index contributed by atoms with van der Waals surface area (Å²) in [6, 6.07) is 5.41. The molecule has 5 heteroatoms. The van der Waals surface area contributed by atoms with Crippen molar-refractivity contribution in [1.82, 2.24) is 5.32 Å². The predicted octanol–water partition coefficient (Wildman–Crippen LogP) is 1.79. The molecule has 3 amide bonds. The molecule has 17 heavy (non-hydrogen) atoms. The number of nitrogens with zero attached hydrogens (tertiary/aromatic N) is 1. The number of amides is 3. The van der Waals surface area contributed by atoms with Gasteiger partial charge in [0.1, 0.15) is 6.04 Å². The molecule has 1 aliphatic rings. The van der Waals surface area contributed by atoms with Crippen LogP contribution in [0.5, 0.6) is 0 Å². The van der Waals surface area contributed by atoms with Crippen molar-refractivity contribution < 1.29 is 9.59 Å². The molecule has 1 aromatic rings. The fourth-order valence-corrected chi connectivity index (χ4v) is 1.83. The third kappa shape index (κ3) is 2.10. The number of imide groups is 1.